The molecule has 0 fully saturated rings. The standard InChI is InChI=1S/C12H11NO4/c1-15-9-3-8(4-10(6-9)16-2)5-11-12(14)17-7-13-11/h3-7H,1-2H3. The van der Waals surface area contributed by atoms with Crippen LogP contribution in [0.4, 0.5) is 0 Å². The minimum atomic E-state index is -0.466. The number of carbonyl (C=O) groups excluding carboxylic acids is 1. The van der Waals surface area contributed by atoms with Gasteiger partial charge in [0.15, 0.2) is 12.1 Å². The molecule has 2 rings (SSSR count). The Kier molecular flexibility index (Phi) is 3.09. The van der Waals surface area contributed by atoms with Gasteiger partial charge in [0.05, 0.1) is 14.2 Å². The summed E-state index contributed by atoms with van der Waals surface area (Å²) >= 11 is 0. The summed E-state index contributed by atoms with van der Waals surface area (Å²) in [6.07, 6.45) is 2.72. The highest BCUT2D eigenvalue weighted by molar-refractivity contribution is 6.01. The third-order valence-electron chi connectivity index (χ3n) is 2.24. The summed E-state index contributed by atoms with van der Waals surface area (Å²) in [7, 11) is 3.13. The van der Waals surface area contributed by atoms with Crippen LogP contribution in [0.25, 0.3) is 6.08 Å². The van der Waals surface area contributed by atoms with Crippen LogP contribution in [0.1, 0.15) is 5.56 Å². The fraction of sp³-hybridized carbons (Fsp3) is 0.167. The molecule has 0 amide bonds. The first-order chi connectivity index (χ1) is 8.22. The predicted octanol–water partition coefficient (Wildman–Crippen LogP) is 1.63. The van der Waals surface area contributed by atoms with E-state index in [2.05, 4.69) is 9.73 Å². The van der Waals surface area contributed by atoms with Crippen molar-refractivity contribution < 1.29 is 19.0 Å². The van der Waals surface area contributed by atoms with Crippen LogP contribution in [0.3, 0.4) is 0 Å². The molecule has 1 heterocycles. The van der Waals surface area contributed by atoms with Gasteiger partial charge in [-0.1, -0.05) is 0 Å². The molecule has 5 heteroatoms. The van der Waals surface area contributed by atoms with Crippen LogP contribution in [0.2, 0.25) is 0 Å². The zero-order chi connectivity index (χ0) is 12.3. The zero-order valence-electron chi connectivity index (χ0n) is 9.47. The lowest BCUT2D eigenvalue weighted by molar-refractivity contribution is -0.129. The number of cyclic esters (lactones) is 1. The van der Waals surface area contributed by atoms with E-state index >= 15 is 0 Å². The number of hydrogen-bond donors (Lipinski definition) is 0. The quantitative estimate of drug-likeness (QED) is 0.588. The minimum Gasteiger partial charge on any atom is -0.497 e. The van der Waals surface area contributed by atoms with Crippen LogP contribution >= 0.6 is 0 Å². The van der Waals surface area contributed by atoms with E-state index in [0.29, 0.717) is 11.5 Å². The molecule has 0 aliphatic carbocycles. The molecular weight excluding hydrogens is 222 g/mol. The summed E-state index contributed by atoms with van der Waals surface area (Å²) in [6, 6.07) is 5.30. The second-order valence-electron chi connectivity index (χ2n) is 3.32. The monoisotopic (exact) mass is 233 g/mol. The van der Waals surface area contributed by atoms with Gasteiger partial charge in [0.25, 0.3) is 0 Å². The van der Waals surface area contributed by atoms with Crippen molar-refractivity contribution in [1.29, 1.82) is 0 Å². The van der Waals surface area contributed by atoms with E-state index in [1.807, 2.05) is 0 Å². The van der Waals surface area contributed by atoms with E-state index in [9.17, 15) is 4.79 Å². The molecule has 1 aromatic rings. The van der Waals surface area contributed by atoms with Gasteiger partial charge in [0.2, 0.25) is 0 Å². The Morgan fingerprint density at radius 3 is 2.29 bits per heavy atom. The lowest BCUT2D eigenvalue weighted by atomic mass is 10.1. The molecule has 1 aliphatic heterocycles. The van der Waals surface area contributed by atoms with Gasteiger partial charge in [-0.3, -0.25) is 0 Å². The van der Waals surface area contributed by atoms with Crippen molar-refractivity contribution in [3.8, 4) is 11.5 Å². The molecule has 0 aromatic heterocycles. The number of rotatable bonds is 3. The Hall–Kier alpha value is -2.30. The van der Waals surface area contributed by atoms with Gasteiger partial charge in [0, 0.05) is 6.07 Å². The summed E-state index contributed by atoms with van der Waals surface area (Å²) in [5.74, 6) is 0.824. The number of nitrogens with zero attached hydrogens (tertiary/aromatic N) is 1. The first-order valence-electron chi connectivity index (χ1n) is 4.91. The van der Waals surface area contributed by atoms with Gasteiger partial charge < -0.3 is 14.2 Å². The molecule has 0 bridgehead atoms. The second kappa shape index (κ2) is 4.69. The Bertz CT molecular complexity index is 483. The minimum absolute atomic E-state index is 0.250. The predicted molar refractivity (Wildman–Crippen MR) is 62.1 cm³/mol. The van der Waals surface area contributed by atoms with Crippen molar-refractivity contribution in [3.05, 3.63) is 29.5 Å². The number of esters is 1. The van der Waals surface area contributed by atoms with Gasteiger partial charge >= 0.3 is 5.97 Å². The highest BCUT2D eigenvalue weighted by Gasteiger charge is 2.15. The molecule has 0 N–H and O–H groups in total. The van der Waals surface area contributed by atoms with Crippen molar-refractivity contribution in [2.75, 3.05) is 14.2 Å². The largest absolute Gasteiger partial charge is 0.497 e. The number of hydrogen-bond acceptors (Lipinski definition) is 5. The van der Waals surface area contributed by atoms with E-state index in [1.54, 1.807) is 38.5 Å². The third-order valence-corrected chi connectivity index (χ3v) is 2.24. The SMILES string of the molecule is COc1cc(C=C2N=COC2=O)cc(OC)c1. The summed E-state index contributed by atoms with van der Waals surface area (Å²) in [5, 5.41) is 0. The third kappa shape index (κ3) is 2.44. The summed E-state index contributed by atoms with van der Waals surface area (Å²) in [6.45, 7) is 0. The Labute approximate surface area is 98.3 Å². The molecule has 0 atom stereocenters. The topological polar surface area (TPSA) is 57.1 Å². The molecule has 0 saturated carbocycles. The zero-order valence-corrected chi connectivity index (χ0v) is 9.47. The Balaban J connectivity index is 2.38. The Morgan fingerprint density at radius 2 is 1.82 bits per heavy atom. The first kappa shape index (κ1) is 11.2. The lowest BCUT2D eigenvalue weighted by Crippen LogP contribution is -1.96. The second-order valence-corrected chi connectivity index (χ2v) is 3.32. The van der Waals surface area contributed by atoms with Crippen molar-refractivity contribution in [1.82, 2.24) is 0 Å². The number of carbonyl (C=O) groups is 1. The van der Waals surface area contributed by atoms with Crippen LogP contribution in [0, 0.1) is 0 Å². The first-order valence-corrected chi connectivity index (χ1v) is 4.91. The molecular formula is C12H11NO4. The fourth-order valence-electron chi connectivity index (χ4n) is 1.41. The molecule has 5 nitrogen and oxygen atoms in total. The van der Waals surface area contributed by atoms with Crippen LogP contribution in [-0.4, -0.2) is 26.6 Å². The fourth-order valence-corrected chi connectivity index (χ4v) is 1.41. The lowest BCUT2D eigenvalue weighted by Gasteiger charge is -2.05. The molecule has 0 radical (unpaired) electrons. The molecule has 1 aliphatic rings. The van der Waals surface area contributed by atoms with Gasteiger partial charge in [-0.15, -0.1) is 0 Å². The van der Waals surface area contributed by atoms with Crippen LogP contribution in [0.15, 0.2) is 28.9 Å². The smallest absolute Gasteiger partial charge is 0.363 e. The highest BCUT2D eigenvalue weighted by Crippen LogP contribution is 2.24. The van der Waals surface area contributed by atoms with Crippen LogP contribution in [0.5, 0.6) is 11.5 Å². The summed E-state index contributed by atoms with van der Waals surface area (Å²) in [4.78, 5) is 15.0. The van der Waals surface area contributed by atoms with Gasteiger partial charge in [0.1, 0.15) is 11.5 Å². The van der Waals surface area contributed by atoms with Gasteiger partial charge in [-0.25, -0.2) is 9.79 Å². The van der Waals surface area contributed by atoms with E-state index in [4.69, 9.17) is 9.47 Å². The average Bonchev–Trinajstić information content (AvgIpc) is 2.74. The molecule has 0 spiro atoms. The molecule has 88 valence electrons. The van der Waals surface area contributed by atoms with E-state index in [-0.39, 0.29) is 5.70 Å². The molecule has 1 aromatic carbocycles. The molecule has 0 saturated heterocycles. The average molecular weight is 233 g/mol. The Morgan fingerprint density at radius 1 is 1.18 bits per heavy atom. The van der Waals surface area contributed by atoms with E-state index in [0.717, 1.165) is 12.0 Å². The van der Waals surface area contributed by atoms with Crippen molar-refractivity contribution in [2.45, 2.75) is 0 Å². The number of aliphatic imine (C=N–C) groups is 1. The number of benzene rings is 1. The van der Waals surface area contributed by atoms with E-state index < -0.39 is 5.97 Å². The number of ether oxygens (including phenoxy) is 3. The highest BCUT2D eigenvalue weighted by atomic mass is 16.5. The number of methoxy groups -OCH3 is 2. The molecule has 17 heavy (non-hydrogen) atoms. The van der Waals surface area contributed by atoms with Crippen molar-refractivity contribution in [2.24, 2.45) is 4.99 Å². The summed E-state index contributed by atoms with van der Waals surface area (Å²) < 4.78 is 14.8. The maximum atomic E-state index is 11.2. The maximum Gasteiger partial charge on any atom is 0.363 e. The summed E-state index contributed by atoms with van der Waals surface area (Å²) in [5.41, 5.74) is 1.01. The van der Waals surface area contributed by atoms with Gasteiger partial charge in [-0.05, 0) is 23.8 Å². The van der Waals surface area contributed by atoms with Crippen LogP contribution < -0.4 is 9.47 Å². The van der Waals surface area contributed by atoms with Crippen molar-refractivity contribution in [3.63, 3.8) is 0 Å². The molecule has 0 unspecified atom stereocenters. The van der Waals surface area contributed by atoms with Gasteiger partial charge in [-0.2, -0.15) is 0 Å². The van der Waals surface area contributed by atoms with Crippen LogP contribution in [-0.2, 0) is 9.53 Å². The normalized spacial score (nSPS) is 16.1. The van der Waals surface area contributed by atoms with E-state index in [1.165, 1.54) is 0 Å². The van der Waals surface area contributed by atoms with Crippen molar-refractivity contribution >= 4 is 18.4 Å². The maximum absolute atomic E-state index is 11.2.